The Kier molecular flexibility index (Phi) is 5.48. The number of nitrogens with two attached hydrogens (primary N) is 1. The van der Waals surface area contributed by atoms with Crippen LogP contribution in [-0.2, 0) is 19.2 Å². The van der Waals surface area contributed by atoms with Gasteiger partial charge in [-0.3, -0.25) is 19.2 Å². The second kappa shape index (κ2) is 8.47. The first-order valence-corrected chi connectivity index (χ1v) is 12.8. The summed E-state index contributed by atoms with van der Waals surface area (Å²) in [5.41, 5.74) is 5.52. The van der Waals surface area contributed by atoms with Gasteiger partial charge < -0.3 is 10.8 Å². The van der Waals surface area contributed by atoms with Gasteiger partial charge in [-0.15, -0.1) is 0 Å². The standard InChI is InChI=1S/C28H23ClFN3O6/c1-28-18(24(36)32(26(28)38)13-4-9-20(30)19(29)10-13)11-17-15(22(28)12-2-5-14(34)6-3-12)7-8-16-21(17)25(37)33(23(16)35)27(31)39/h2-7,9-10,16-18,21-22,34H,8,11H2,1H3,(H2,31,39). The second-order valence-corrected chi connectivity index (χ2v) is 11.1. The molecule has 2 aliphatic carbocycles. The molecule has 3 fully saturated rings. The van der Waals surface area contributed by atoms with Gasteiger partial charge in [0.1, 0.15) is 11.6 Å². The van der Waals surface area contributed by atoms with Crippen molar-refractivity contribution in [3.63, 3.8) is 0 Å². The molecule has 6 rings (SSSR count). The molecular formula is C28H23ClFN3O6. The van der Waals surface area contributed by atoms with E-state index in [4.69, 9.17) is 17.3 Å². The minimum atomic E-state index is -1.31. The maximum Gasteiger partial charge on any atom is 0.328 e. The number of urea groups is 1. The molecule has 6 amide bonds. The van der Waals surface area contributed by atoms with Crippen LogP contribution >= 0.6 is 11.6 Å². The third-order valence-corrected chi connectivity index (χ3v) is 9.17. The highest BCUT2D eigenvalue weighted by Gasteiger charge is 2.67. The fourth-order valence-electron chi connectivity index (χ4n) is 7.15. The lowest BCUT2D eigenvalue weighted by Gasteiger charge is -2.49. The summed E-state index contributed by atoms with van der Waals surface area (Å²) < 4.78 is 13.9. The van der Waals surface area contributed by atoms with Gasteiger partial charge in [0.05, 0.1) is 33.9 Å². The van der Waals surface area contributed by atoms with Gasteiger partial charge in [-0.2, -0.15) is 4.90 Å². The van der Waals surface area contributed by atoms with Crippen LogP contribution < -0.4 is 10.6 Å². The van der Waals surface area contributed by atoms with Crippen molar-refractivity contribution in [2.24, 2.45) is 34.8 Å². The van der Waals surface area contributed by atoms with E-state index < -0.39 is 70.5 Å². The third-order valence-electron chi connectivity index (χ3n) is 8.88. The molecule has 2 aliphatic heterocycles. The van der Waals surface area contributed by atoms with Gasteiger partial charge in [-0.1, -0.05) is 35.4 Å². The summed E-state index contributed by atoms with van der Waals surface area (Å²) in [7, 11) is 0. The Hall–Kier alpha value is -4.05. The molecule has 39 heavy (non-hydrogen) atoms. The SMILES string of the molecule is CC12C(=O)N(c3ccc(F)c(Cl)c3)C(=O)C1CC1C(=CCC3C(=O)N(C(N)=O)C(=O)C31)C2c1ccc(O)cc1. The van der Waals surface area contributed by atoms with Gasteiger partial charge in [0.15, 0.2) is 0 Å². The Balaban J connectivity index is 1.52. The number of allylic oxidation sites excluding steroid dienone is 2. The lowest BCUT2D eigenvalue weighted by molar-refractivity contribution is -0.136. The number of aromatic hydroxyl groups is 1. The first-order valence-electron chi connectivity index (χ1n) is 12.5. The number of carbonyl (C=O) groups is 5. The van der Waals surface area contributed by atoms with E-state index in [0.717, 1.165) is 11.0 Å². The average Bonchev–Trinajstić information content (AvgIpc) is 3.26. The second-order valence-electron chi connectivity index (χ2n) is 10.7. The zero-order valence-corrected chi connectivity index (χ0v) is 21.4. The summed E-state index contributed by atoms with van der Waals surface area (Å²) in [5, 5.41) is 9.68. The van der Waals surface area contributed by atoms with Gasteiger partial charge >= 0.3 is 6.03 Å². The van der Waals surface area contributed by atoms with Crippen molar-refractivity contribution in [2.45, 2.75) is 25.7 Å². The quantitative estimate of drug-likeness (QED) is 0.433. The van der Waals surface area contributed by atoms with E-state index in [1.165, 1.54) is 24.3 Å². The molecule has 0 bridgehead atoms. The molecule has 2 saturated heterocycles. The molecule has 2 heterocycles. The van der Waals surface area contributed by atoms with Gasteiger partial charge in [0.2, 0.25) is 23.6 Å². The summed E-state index contributed by atoms with van der Waals surface area (Å²) >= 11 is 5.98. The zero-order chi connectivity index (χ0) is 28.0. The number of nitrogens with zero attached hydrogens (tertiary/aromatic N) is 2. The van der Waals surface area contributed by atoms with Crippen molar-refractivity contribution in [2.75, 3.05) is 4.90 Å². The molecule has 3 N–H and O–H groups in total. The van der Waals surface area contributed by atoms with Crippen molar-refractivity contribution in [3.05, 3.63) is 70.5 Å². The number of amides is 6. The largest absolute Gasteiger partial charge is 0.508 e. The molecule has 2 aromatic carbocycles. The zero-order valence-electron chi connectivity index (χ0n) is 20.6. The van der Waals surface area contributed by atoms with E-state index in [9.17, 15) is 33.5 Å². The number of primary amides is 1. The third kappa shape index (κ3) is 3.33. The first kappa shape index (κ1) is 25.2. The van der Waals surface area contributed by atoms with E-state index in [-0.39, 0.29) is 29.3 Å². The van der Waals surface area contributed by atoms with Crippen molar-refractivity contribution in [1.29, 1.82) is 0 Å². The number of phenols is 1. The van der Waals surface area contributed by atoms with Crippen LogP contribution in [0.15, 0.2) is 54.1 Å². The van der Waals surface area contributed by atoms with E-state index in [1.807, 2.05) is 6.08 Å². The normalized spacial score (nSPS) is 31.7. The van der Waals surface area contributed by atoms with Gasteiger partial charge in [-0.25, -0.2) is 14.1 Å². The fourth-order valence-corrected chi connectivity index (χ4v) is 7.32. The monoisotopic (exact) mass is 551 g/mol. The number of hydrogen-bond donors (Lipinski definition) is 2. The highest BCUT2D eigenvalue weighted by atomic mass is 35.5. The Labute approximate surface area is 227 Å². The van der Waals surface area contributed by atoms with Crippen molar-refractivity contribution >= 4 is 46.9 Å². The molecular weight excluding hydrogens is 529 g/mol. The smallest absolute Gasteiger partial charge is 0.328 e. The van der Waals surface area contributed by atoms with Crippen molar-refractivity contribution in [1.82, 2.24) is 4.90 Å². The molecule has 0 spiro atoms. The topological polar surface area (TPSA) is 138 Å². The molecule has 6 unspecified atom stereocenters. The molecule has 1 saturated carbocycles. The molecule has 0 radical (unpaired) electrons. The Morgan fingerprint density at radius 3 is 2.38 bits per heavy atom. The van der Waals surface area contributed by atoms with Crippen LogP contribution in [0.1, 0.15) is 31.2 Å². The van der Waals surface area contributed by atoms with E-state index in [1.54, 1.807) is 19.1 Å². The predicted molar refractivity (Wildman–Crippen MR) is 136 cm³/mol. The van der Waals surface area contributed by atoms with E-state index in [2.05, 4.69) is 0 Å². The highest BCUT2D eigenvalue weighted by Crippen LogP contribution is 2.63. The molecule has 9 nitrogen and oxygen atoms in total. The van der Waals surface area contributed by atoms with Crippen molar-refractivity contribution < 1.29 is 33.5 Å². The number of anilines is 1. The number of carbonyl (C=O) groups excluding carboxylic acids is 5. The average molecular weight is 552 g/mol. The van der Waals surface area contributed by atoms with E-state index in [0.29, 0.717) is 16.0 Å². The Morgan fingerprint density at radius 1 is 1.05 bits per heavy atom. The molecule has 2 aromatic rings. The molecule has 0 aromatic heterocycles. The number of rotatable bonds is 2. The molecule has 11 heteroatoms. The molecule has 200 valence electrons. The van der Waals surface area contributed by atoms with Gasteiger partial charge in [-0.05, 0) is 61.6 Å². The lowest BCUT2D eigenvalue weighted by Crippen LogP contribution is -2.49. The number of benzene rings is 2. The van der Waals surface area contributed by atoms with Gasteiger partial charge in [0.25, 0.3) is 0 Å². The number of likely N-dealkylation sites (tertiary alicyclic amines) is 1. The van der Waals surface area contributed by atoms with Crippen LogP contribution in [0, 0.1) is 34.9 Å². The maximum atomic E-state index is 14.2. The van der Waals surface area contributed by atoms with E-state index >= 15 is 0 Å². The summed E-state index contributed by atoms with van der Waals surface area (Å²) in [6, 6.07) is 8.71. The predicted octanol–water partition coefficient (Wildman–Crippen LogP) is 3.49. The first-order chi connectivity index (χ1) is 18.5. The summed E-state index contributed by atoms with van der Waals surface area (Å²) in [6.07, 6.45) is 2.08. The van der Waals surface area contributed by atoms with Gasteiger partial charge in [0, 0.05) is 5.92 Å². The maximum absolute atomic E-state index is 14.2. The number of hydrogen-bond acceptors (Lipinski definition) is 6. The van der Waals surface area contributed by atoms with Crippen LogP contribution in [-0.4, -0.2) is 39.7 Å². The number of phenolic OH excluding ortho intramolecular Hbond substituents is 1. The Bertz CT molecular complexity index is 1520. The van der Waals surface area contributed by atoms with Crippen LogP contribution in [0.2, 0.25) is 5.02 Å². The summed E-state index contributed by atoms with van der Waals surface area (Å²) in [5.74, 6) is -7.02. The van der Waals surface area contributed by atoms with Crippen LogP contribution in [0.25, 0.3) is 0 Å². The van der Waals surface area contributed by atoms with Crippen molar-refractivity contribution in [3.8, 4) is 5.75 Å². The molecule has 6 atom stereocenters. The Morgan fingerprint density at radius 2 is 1.74 bits per heavy atom. The number of halogens is 2. The summed E-state index contributed by atoms with van der Waals surface area (Å²) in [4.78, 5) is 67.8. The minimum Gasteiger partial charge on any atom is -0.508 e. The fraction of sp³-hybridized carbons (Fsp3) is 0.321. The summed E-state index contributed by atoms with van der Waals surface area (Å²) in [6.45, 7) is 1.70. The lowest BCUT2D eigenvalue weighted by atomic mass is 9.51. The van der Waals surface area contributed by atoms with Crippen LogP contribution in [0.5, 0.6) is 5.75 Å². The van der Waals surface area contributed by atoms with Crippen LogP contribution in [0.3, 0.4) is 0 Å². The minimum absolute atomic E-state index is 0.00979. The molecule has 4 aliphatic rings. The van der Waals surface area contributed by atoms with Crippen LogP contribution in [0.4, 0.5) is 14.9 Å². The number of imide groups is 4. The number of fused-ring (bicyclic) bond motifs is 4. The highest BCUT2D eigenvalue weighted by molar-refractivity contribution is 6.31.